The second-order valence-corrected chi connectivity index (χ2v) is 14.1. The summed E-state index contributed by atoms with van der Waals surface area (Å²) in [5.41, 5.74) is 15.7. The largest absolute Gasteiger partial charge is 0.292 e. The van der Waals surface area contributed by atoms with E-state index in [1.165, 1.54) is 11.1 Å². The van der Waals surface area contributed by atoms with Gasteiger partial charge in [0.25, 0.3) is 0 Å². The van der Waals surface area contributed by atoms with Crippen LogP contribution in [0.15, 0.2) is 218 Å². The first-order valence-electron chi connectivity index (χ1n) is 19.2. The summed E-state index contributed by atoms with van der Waals surface area (Å²) in [6.07, 6.45) is 0. The molecule has 0 radical (unpaired) electrons. The van der Waals surface area contributed by atoms with E-state index < -0.39 is 0 Å². The molecule has 0 atom stereocenters. The molecule has 0 saturated heterocycles. The van der Waals surface area contributed by atoms with Gasteiger partial charge in [-0.25, -0.2) is 15.0 Å². The van der Waals surface area contributed by atoms with Gasteiger partial charge in [0.1, 0.15) is 5.82 Å². The number of imidazole rings is 1. The highest BCUT2D eigenvalue weighted by Crippen LogP contribution is 2.34. The van der Waals surface area contributed by atoms with Gasteiger partial charge in [-0.05, 0) is 81.9 Å². The molecule has 0 N–H and O–H groups in total. The van der Waals surface area contributed by atoms with Gasteiger partial charge in [0.05, 0.1) is 22.4 Å². The SMILES string of the molecule is c1ccc(-c2cccc(-c3cc(-c4cccc(-c5ccccc5)c4)nc(-c4cccc(-c5ccc(-c6nc7ccccc7n6-c6ccccc6)cc5)c4)n3)c2)cc1. The van der Waals surface area contributed by atoms with Gasteiger partial charge in [-0.15, -0.1) is 0 Å². The average molecular weight is 729 g/mol. The summed E-state index contributed by atoms with van der Waals surface area (Å²) >= 11 is 0. The van der Waals surface area contributed by atoms with Gasteiger partial charge in [0.15, 0.2) is 5.82 Å². The fraction of sp³-hybridized carbons (Fsp3) is 0. The lowest BCUT2D eigenvalue weighted by molar-refractivity contribution is 1.10. The van der Waals surface area contributed by atoms with Gasteiger partial charge in [0, 0.05) is 27.9 Å². The lowest BCUT2D eigenvalue weighted by Gasteiger charge is -2.12. The molecule has 8 aromatic carbocycles. The Morgan fingerprint density at radius 1 is 0.281 bits per heavy atom. The molecule has 57 heavy (non-hydrogen) atoms. The second kappa shape index (κ2) is 14.9. The van der Waals surface area contributed by atoms with Crippen molar-refractivity contribution in [2.24, 2.45) is 0 Å². The van der Waals surface area contributed by atoms with Crippen LogP contribution in [0.25, 0.3) is 95.4 Å². The lowest BCUT2D eigenvalue weighted by atomic mass is 9.98. The minimum atomic E-state index is 0.674. The molecule has 268 valence electrons. The van der Waals surface area contributed by atoms with Crippen LogP contribution in [0.5, 0.6) is 0 Å². The molecule has 0 spiro atoms. The Hall–Kier alpha value is -7.69. The zero-order chi connectivity index (χ0) is 38.0. The Kier molecular flexibility index (Phi) is 8.82. The van der Waals surface area contributed by atoms with E-state index in [1.807, 2.05) is 24.3 Å². The van der Waals surface area contributed by atoms with Gasteiger partial charge < -0.3 is 0 Å². The highest BCUT2D eigenvalue weighted by molar-refractivity contribution is 5.84. The number of para-hydroxylation sites is 3. The topological polar surface area (TPSA) is 43.6 Å². The molecule has 0 amide bonds. The van der Waals surface area contributed by atoms with E-state index in [4.69, 9.17) is 15.0 Å². The molecule has 0 unspecified atom stereocenters. The Morgan fingerprint density at radius 2 is 0.702 bits per heavy atom. The third kappa shape index (κ3) is 6.81. The van der Waals surface area contributed by atoms with Crippen molar-refractivity contribution in [1.29, 1.82) is 0 Å². The van der Waals surface area contributed by atoms with E-state index in [9.17, 15) is 0 Å². The molecule has 0 saturated carbocycles. The number of benzene rings is 8. The zero-order valence-corrected chi connectivity index (χ0v) is 31.1. The first-order chi connectivity index (χ1) is 28.2. The lowest BCUT2D eigenvalue weighted by Crippen LogP contribution is -1.97. The minimum Gasteiger partial charge on any atom is -0.292 e. The first kappa shape index (κ1) is 33.8. The van der Waals surface area contributed by atoms with Crippen molar-refractivity contribution in [1.82, 2.24) is 19.5 Å². The highest BCUT2D eigenvalue weighted by Gasteiger charge is 2.16. The number of nitrogens with zero attached hydrogens (tertiary/aromatic N) is 4. The zero-order valence-electron chi connectivity index (χ0n) is 31.1. The van der Waals surface area contributed by atoms with Crippen molar-refractivity contribution in [3.05, 3.63) is 218 Å². The molecular weight excluding hydrogens is 693 g/mol. The summed E-state index contributed by atoms with van der Waals surface area (Å²) in [7, 11) is 0. The maximum Gasteiger partial charge on any atom is 0.160 e. The highest BCUT2D eigenvalue weighted by atomic mass is 15.1. The monoisotopic (exact) mass is 728 g/mol. The van der Waals surface area contributed by atoms with Crippen LogP contribution in [0, 0.1) is 0 Å². The minimum absolute atomic E-state index is 0.674. The van der Waals surface area contributed by atoms with Crippen molar-refractivity contribution < 1.29 is 0 Å². The predicted molar refractivity (Wildman–Crippen MR) is 235 cm³/mol. The summed E-state index contributed by atoms with van der Waals surface area (Å²) in [4.78, 5) is 15.6. The van der Waals surface area contributed by atoms with E-state index in [2.05, 4.69) is 199 Å². The molecule has 10 rings (SSSR count). The molecule has 0 bridgehead atoms. The second-order valence-electron chi connectivity index (χ2n) is 14.1. The number of hydrogen-bond donors (Lipinski definition) is 0. The molecule has 4 heteroatoms. The van der Waals surface area contributed by atoms with Crippen molar-refractivity contribution in [2.45, 2.75) is 0 Å². The van der Waals surface area contributed by atoms with Crippen LogP contribution in [0.3, 0.4) is 0 Å². The van der Waals surface area contributed by atoms with Gasteiger partial charge in [-0.3, -0.25) is 4.57 Å². The molecular formula is C53H36N4. The third-order valence-corrected chi connectivity index (χ3v) is 10.4. The van der Waals surface area contributed by atoms with Crippen LogP contribution in [0.2, 0.25) is 0 Å². The molecule has 4 nitrogen and oxygen atoms in total. The Morgan fingerprint density at radius 3 is 1.28 bits per heavy atom. The smallest absolute Gasteiger partial charge is 0.160 e. The Balaban J connectivity index is 1.05. The number of aromatic nitrogens is 4. The van der Waals surface area contributed by atoms with Crippen LogP contribution < -0.4 is 0 Å². The maximum atomic E-state index is 5.24. The third-order valence-electron chi connectivity index (χ3n) is 10.4. The van der Waals surface area contributed by atoms with Crippen LogP contribution >= 0.6 is 0 Å². The van der Waals surface area contributed by atoms with E-state index in [-0.39, 0.29) is 0 Å². The number of fused-ring (bicyclic) bond motifs is 1. The molecule has 0 fully saturated rings. The Labute approximate surface area is 332 Å². The van der Waals surface area contributed by atoms with Crippen molar-refractivity contribution in [3.8, 4) is 84.4 Å². The van der Waals surface area contributed by atoms with Crippen LogP contribution in [-0.4, -0.2) is 19.5 Å². The molecule has 0 aliphatic carbocycles. The van der Waals surface area contributed by atoms with Crippen LogP contribution in [-0.2, 0) is 0 Å². The van der Waals surface area contributed by atoms with E-state index in [0.717, 1.165) is 78.4 Å². The number of rotatable bonds is 8. The van der Waals surface area contributed by atoms with Gasteiger partial charge in [-0.2, -0.15) is 0 Å². The molecule has 0 aliphatic rings. The van der Waals surface area contributed by atoms with E-state index >= 15 is 0 Å². The standard InChI is InChI=1S/C53H36N4/c1-4-15-37(16-5-1)41-19-12-22-44(33-41)49-36-50(45-23-13-20-42(34-45)38-17-6-2-7-18-38)55-52(54-49)46-24-14-21-43(35-46)39-29-31-40(32-30-39)53-56-48-27-10-11-28-51(48)57(53)47-25-8-3-9-26-47/h1-36H. The number of hydrogen-bond acceptors (Lipinski definition) is 3. The summed E-state index contributed by atoms with van der Waals surface area (Å²) in [6.45, 7) is 0. The van der Waals surface area contributed by atoms with Crippen molar-refractivity contribution in [2.75, 3.05) is 0 Å². The van der Waals surface area contributed by atoms with Gasteiger partial charge >= 0.3 is 0 Å². The van der Waals surface area contributed by atoms with E-state index in [1.54, 1.807) is 0 Å². The van der Waals surface area contributed by atoms with Crippen LogP contribution in [0.1, 0.15) is 0 Å². The molecule has 2 heterocycles. The fourth-order valence-corrected chi connectivity index (χ4v) is 7.56. The van der Waals surface area contributed by atoms with Crippen LogP contribution in [0.4, 0.5) is 0 Å². The molecule has 2 aromatic heterocycles. The first-order valence-corrected chi connectivity index (χ1v) is 19.2. The summed E-state index contributed by atoms with van der Waals surface area (Å²) in [6, 6.07) is 76.2. The predicted octanol–water partition coefficient (Wildman–Crippen LogP) is 13.5. The normalized spacial score (nSPS) is 11.2. The fourth-order valence-electron chi connectivity index (χ4n) is 7.56. The molecule has 10 aromatic rings. The summed E-state index contributed by atoms with van der Waals surface area (Å²) < 4.78 is 2.23. The summed E-state index contributed by atoms with van der Waals surface area (Å²) in [5, 5.41) is 0. The van der Waals surface area contributed by atoms with Crippen molar-refractivity contribution in [3.63, 3.8) is 0 Å². The van der Waals surface area contributed by atoms with Gasteiger partial charge in [-0.1, -0.05) is 170 Å². The Bertz CT molecular complexity index is 2890. The summed E-state index contributed by atoms with van der Waals surface area (Å²) in [5.74, 6) is 1.58. The van der Waals surface area contributed by atoms with Gasteiger partial charge in [0.2, 0.25) is 0 Å². The quantitative estimate of drug-likeness (QED) is 0.156. The average Bonchev–Trinajstić information content (AvgIpc) is 3.70. The maximum absolute atomic E-state index is 5.24. The molecule has 0 aliphatic heterocycles. The van der Waals surface area contributed by atoms with E-state index in [0.29, 0.717) is 5.82 Å². The van der Waals surface area contributed by atoms with Crippen molar-refractivity contribution >= 4 is 11.0 Å².